The van der Waals surface area contributed by atoms with E-state index in [-0.39, 0.29) is 23.8 Å². The smallest absolute Gasteiger partial charge is 0.314 e. The summed E-state index contributed by atoms with van der Waals surface area (Å²) in [4.78, 5) is 23.9. The van der Waals surface area contributed by atoms with Crippen LogP contribution in [0.25, 0.3) is 0 Å². The van der Waals surface area contributed by atoms with E-state index in [9.17, 15) is 9.59 Å². The van der Waals surface area contributed by atoms with Crippen molar-refractivity contribution in [3.8, 4) is 11.5 Å². The van der Waals surface area contributed by atoms with Gasteiger partial charge in [0.05, 0.1) is 11.8 Å². The number of carbonyl (C=O) groups excluding carboxylic acids is 2. The molecule has 1 N–H and O–H groups in total. The fourth-order valence-corrected chi connectivity index (χ4v) is 2.43. The highest BCUT2D eigenvalue weighted by atomic mass is 16.6. The van der Waals surface area contributed by atoms with Crippen LogP contribution in [-0.2, 0) is 16.0 Å². The number of hydrogen-bond donors (Lipinski definition) is 1. The van der Waals surface area contributed by atoms with Crippen molar-refractivity contribution >= 4 is 11.9 Å². The Bertz CT molecular complexity index is 605. The lowest BCUT2D eigenvalue weighted by Gasteiger charge is -2.12. The van der Waals surface area contributed by atoms with Crippen molar-refractivity contribution in [2.24, 2.45) is 11.8 Å². The second kappa shape index (κ2) is 7.79. The molecule has 2 aliphatic carbocycles. The Morgan fingerprint density at radius 3 is 2.21 bits per heavy atom. The minimum absolute atomic E-state index is 0.00635. The van der Waals surface area contributed by atoms with Crippen molar-refractivity contribution in [2.45, 2.75) is 45.4 Å². The molecule has 0 atom stereocenters. The summed E-state index contributed by atoms with van der Waals surface area (Å²) in [6, 6.07) is 5.49. The summed E-state index contributed by atoms with van der Waals surface area (Å²) in [5.74, 6) is 0.290. The van der Waals surface area contributed by atoms with Crippen molar-refractivity contribution in [3.63, 3.8) is 0 Å². The summed E-state index contributed by atoms with van der Waals surface area (Å²) in [5.41, 5.74) is 1.06. The summed E-state index contributed by atoms with van der Waals surface area (Å²) < 4.78 is 10.9. The van der Waals surface area contributed by atoms with Gasteiger partial charge in [0.25, 0.3) is 0 Å². The number of rotatable bonds is 9. The maximum atomic E-state index is 12.0. The highest BCUT2D eigenvalue weighted by molar-refractivity contribution is 5.80. The van der Waals surface area contributed by atoms with Crippen LogP contribution in [0.4, 0.5) is 0 Å². The zero-order chi connectivity index (χ0) is 16.9. The van der Waals surface area contributed by atoms with Crippen molar-refractivity contribution < 1.29 is 19.1 Å². The molecule has 130 valence electrons. The first kappa shape index (κ1) is 17.0. The number of hydrogen-bond acceptors (Lipinski definition) is 5. The van der Waals surface area contributed by atoms with E-state index in [0.717, 1.165) is 57.2 Å². The van der Waals surface area contributed by atoms with E-state index in [2.05, 4.69) is 12.2 Å². The summed E-state index contributed by atoms with van der Waals surface area (Å²) in [5, 5.41) is 3.35. The maximum Gasteiger partial charge on any atom is 0.314 e. The first-order chi connectivity index (χ1) is 11.7. The molecule has 0 amide bonds. The number of ether oxygens (including phenoxy) is 2. The molecular formula is C19H25NO4. The van der Waals surface area contributed by atoms with Gasteiger partial charge in [0.1, 0.15) is 0 Å². The molecule has 0 aromatic heterocycles. The molecule has 1 aromatic rings. The van der Waals surface area contributed by atoms with Gasteiger partial charge in [-0.25, -0.2) is 0 Å². The molecule has 0 heterocycles. The predicted octanol–water partition coefficient (Wildman–Crippen LogP) is 2.86. The number of carbonyl (C=O) groups is 2. The van der Waals surface area contributed by atoms with Gasteiger partial charge >= 0.3 is 11.9 Å². The van der Waals surface area contributed by atoms with Gasteiger partial charge in [-0.05, 0) is 69.3 Å². The van der Waals surface area contributed by atoms with Gasteiger partial charge in [-0.2, -0.15) is 0 Å². The molecule has 2 saturated carbocycles. The minimum atomic E-state index is -0.226. The van der Waals surface area contributed by atoms with Gasteiger partial charge in [0.15, 0.2) is 11.5 Å². The zero-order valence-electron chi connectivity index (χ0n) is 14.2. The third-order valence-electron chi connectivity index (χ3n) is 4.27. The summed E-state index contributed by atoms with van der Waals surface area (Å²) in [7, 11) is 0. The van der Waals surface area contributed by atoms with E-state index in [1.54, 1.807) is 6.07 Å². The highest BCUT2D eigenvalue weighted by Crippen LogP contribution is 2.36. The predicted molar refractivity (Wildman–Crippen MR) is 90.0 cm³/mol. The molecule has 2 aliphatic rings. The average Bonchev–Trinajstić information content (AvgIpc) is 3.45. The summed E-state index contributed by atoms with van der Waals surface area (Å²) in [6.07, 6.45) is 5.48. The largest absolute Gasteiger partial charge is 0.422 e. The van der Waals surface area contributed by atoms with Gasteiger partial charge in [-0.3, -0.25) is 9.59 Å². The molecule has 1 aromatic carbocycles. The van der Waals surface area contributed by atoms with Gasteiger partial charge in [-0.1, -0.05) is 13.0 Å². The first-order valence-corrected chi connectivity index (χ1v) is 8.94. The molecule has 0 radical (unpaired) electrons. The fourth-order valence-electron chi connectivity index (χ4n) is 2.43. The average molecular weight is 331 g/mol. The maximum absolute atomic E-state index is 12.0. The lowest BCUT2D eigenvalue weighted by Crippen LogP contribution is -2.18. The van der Waals surface area contributed by atoms with E-state index >= 15 is 0 Å². The Morgan fingerprint density at radius 2 is 1.62 bits per heavy atom. The minimum Gasteiger partial charge on any atom is -0.422 e. The molecule has 0 spiro atoms. The monoisotopic (exact) mass is 331 g/mol. The lowest BCUT2D eigenvalue weighted by molar-refractivity contribution is -0.138. The Balaban J connectivity index is 1.67. The Morgan fingerprint density at radius 1 is 1.00 bits per heavy atom. The molecule has 0 bridgehead atoms. The zero-order valence-corrected chi connectivity index (χ0v) is 14.2. The molecule has 3 rings (SSSR count). The van der Waals surface area contributed by atoms with Crippen LogP contribution in [-0.4, -0.2) is 25.0 Å². The van der Waals surface area contributed by atoms with E-state index in [1.165, 1.54) is 0 Å². The first-order valence-electron chi connectivity index (χ1n) is 8.94. The quantitative estimate of drug-likeness (QED) is 0.428. The molecular weight excluding hydrogens is 306 g/mol. The van der Waals surface area contributed by atoms with E-state index in [4.69, 9.17) is 9.47 Å². The highest BCUT2D eigenvalue weighted by Gasteiger charge is 2.34. The Hall–Kier alpha value is -1.88. The van der Waals surface area contributed by atoms with Crippen molar-refractivity contribution in [1.29, 1.82) is 0 Å². The van der Waals surface area contributed by atoms with Crippen molar-refractivity contribution in [2.75, 3.05) is 13.1 Å². The van der Waals surface area contributed by atoms with Crippen LogP contribution in [0.2, 0.25) is 0 Å². The fraction of sp³-hybridized carbons (Fsp3) is 0.579. The van der Waals surface area contributed by atoms with Crippen molar-refractivity contribution in [1.82, 2.24) is 5.32 Å². The molecule has 2 fully saturated rings. The van der Waals surface area contributed by atoms with E-state index < -0.39 is 0 Å². The normalized spacial score (nSPS) is 16.7. The van der Waals surface area contributed by atoms with Gasteiger partial charge in [-0.15, -0.1) is 0 Å². The molecule has 0 aliphatic heterocycles. The van der Waals surface area contributed by atoms with E-state index in [0.29, 0.717) is 11.5 Å². The summed E-state index contributed by atoms with van der Waals surface area (Å²) in [6.45, 7) is 3.98. The van der Waals surface area contributed by atoms with Gasteiger partial charge in [0.2, 0.25) is 0 Å². The summed E-state index contributed by atoms with van der Waals surface area (Å²) >= 11 is 0. The number of esters is 2. The van der Waals surface area contributed by atoms with Crippen LogP contribution in [0.1, 0.15) is 44.6 Å². The Kier molecular flexibility index (Phi) is 5.51. The van der Waals surface area contributed by atoms with Crippen LogP contribution < -0.4 is 14.8 Å². The topological polar surface area (TPSA) is 64.6 Å². The van der Waals surface area contributed by atoms with Crippen molar-refractivity contribution in [3.05, 3.63) is 23.8 Å². The molecule has 0 saturated heterocycles. The van der Waals surface area contributed by atoms with Crippen LogP contribution >= 0.6 is 0 Å². The third kappa shape index (κ3) is 4.81. The van der Waals surface area contributed by atoms with Crippen LogP contribution in [0.15, 0.2) is 18.2 Å². The molecule has 5 heteroatoms. The number of nitrogens with one attached hydrogen (secondary N) is 1. The van der Waals surface area contributed by atoms with Gasteiger partial charge < -0.3 is 14.8 Å². The second-order valence-electron chi connectivity index (χ2n) is 6.67. The van der Waals surface area contributed by atoms with E-state index in [1.807, 2.05) is 12.1 Å². The second-order valence-corrected chi connectivity index (χ2v) is 6.67. The Labute approximate surface area is 142 Å². The van der Waals surface area contributed by atoms with Crippen LogP contribution in [0, 0.1) is 11.8 Å². The lowest BCUT2D eigenvalue weighted by atomic mass is 10.1. The number of benzene rings is 1. The molecule has 24 heavy (non-hydrogen) atoms. The third-order valence-corrected chi connectivity index (χ3v) is 4.27. The molecule has 0 unspecified atom stereocenters. The molecule has 5 nitrogen and oxygen atoms in total. The van der Waals surface area contributed by atoms with Gasteiger partial charge in [0, 0.05) is 0 Å². The standard InChI is InChI=1S/C19H25NO4/c1-2-10-20-11-9-13-3-8-16(23-18(21)14-4-5-14)17(12-13)24-19(22)15-6-7-15/h3,8,12,14-15,20H,2,4-7,9-11H2,1H3. The SMILES string of the molecule is CCCNCCc1ccc(OC(=O)C2CC2)c(OC(=O)C2CC2)c1. The van der Waals surface area contributed by atoms with Crippen LogP contribution in [0.3, 0.4) is 0 Å². The van der Waals surface area contributed by atoms with Crippen LogP contribution in [0.5, 0.6) is 11.5 Å².